The SMILES string of the molecule is CCCOc1ccc(Nc2cc(Cl)nc(C)n2)cc1. The number of benzene rings is 1. The Bertz CT molecular complexity index is 523. The van der Waals surface area contributed by atoms with Crippen LogP contribution in [0.15, 0.2) is 30.3 Å². The Morgan fingerprint density at radius 3 is 2.58 bits per heavy atom. The molecule has 0 saturated heterocycles. The van der Waals surface area contributed by atoms with E-state index in [0.717, 1.165) is 24.5 Å². The van der Waals surface area contributed by atoms with E-state index in [-0.39, 0.29) is 0 Å². The monoisotopic (exact) mass is 277 g/mol. The standard InChI is InChI=1S/C14H16ClN3O/c1-3-8-19-12-6-4-11(5-7-12)18-14-9-13(15)16-10(2)17-14/h4-7,9H,3,8H2,1-2H3,(H,16,17,18). The molecule has 0 bridgehead atoms. The smallest absolute Gasteiger partial charge is 0.135 e. The number of nitrogens with zero attached hydrogens (tertiary/aromatic N) is 2. The number of aromatic nitrogens is 2. The molecule has 0 unspecified atom stereocenters. The number of halogens is 1. The topological polar surface area (TPSA) is 47.0 Å². The van der Waals surface area contributed by atoms with Gasteiger partial charge in [0.15, 0.2) is 0 Å². The Morgan fingerprint density at radius 2 is 1.95 bits per heavy atom. The van der Waals surface area contributed by atoms with Crippen molar-refractivity contribution in [1.82, 2.24) is 9.97 Å². The maximum atomic E-state index is 5.89. The molecule has 1 aromatic carbocycles. The van der Waals surface area contributed by atoms with Gasteiger partial charge in [-0.05, 0) is 37.6 Å². The van der Waals surface area contributed by atoms with Gasteiger partial charge < -0.3 is 10.1 Å². The molecule has 0 amide bonds. The molecule has 2 rings (SSSR count). The van der Waals surface area contributed by atoms with Crippen LogP contribution in [0.1, 0.15) is 19.2 Å². The summed E-state index contributed by atoms with van der Waals surface area (Å²) in [4.78, 5) is 8.28. The Morgan fingerprint density at radius 1 is 1.21 bits per heavy atom. The summed E-state index contributed by atoms with van der Waals surface area (Å²) in [6.07, 6.45) is 0.999. The van der Waals surface area contributed by atoms with Crippen molar-refractivity contribution >= 4 is 23.1 Å². The van der Waals surface area contributed by atoms with Crippen LogP contribution in [0.4, 0.5) is 11.5 Å². The second-order valence-electron chi connectivity index (χ2n) is 4.12. The molecule has 0 fully saturated rings. The molecule has 100 valence electrons. The quantitative estimate of drug-likeness (QED) is 0.840. The highest BCUT2D eigenvalue weighted by Gasteiger charge is 2.01. The third-order valence-electron chi connectivity index (χ3n) is 2.41. The lowest BCUT2D eigenvalue weighted by atomic mass is 10.3. The van der Waals surface area contributed by atoms with Gasteiger partial charge in [-0.2, -0.15) is 0 Å². The van der Waals surface area contributed by atoms with Gasteiger partial charge in [0.1, 0.15) is 22.5 Å². The van der Waals surface area contributed by atoms with Gasteiger partial charge in [-0.1, -0.05) is 18.5 Å². The van der Waals surface area contributed by atoms with Crippen LogP contribution in [-0.2, 0) is 0 Å². The van der Waals surface area contributed by atoms with E-state index >= 15 is 0 Å². The first-order valence-electron chi connectivity index (χ1n) is 6.18. The first kappa shape index (κ1) is 13.6. The van der Waals surface area contributed by atoms with Crippen molar-refractivity contribution in [3.8, 4) is 5.75 Å². The molecule has 19 heavy (non-hydrogen) atoms. The number of aryl methyl sites for hydroxylation is 1. The summed E-state index contributed by atoms with van der Waals surface area (Å²) < 4.78 is 5.52. The molecular formula is C14H16ClN3O. The van der Waals surface area contributed by atoms with Gasteiger partial charge in [-0.25, -0.2) is 9.97 Å². The van der Waals surface area contributed by atoms with Gasteiger partial charge in [-0.15, -0.1) is 0 Å². The zero-order valence-corrected chi connectivity index (χ0v) is 11.7. The number of ether oxygens (including phenoxy) is 1. The van der Waals surface area contributed by atoms with E-state index in [9.17, 15) is 0 Å². The van der Waals surface area contributed by atoms with Crippen molar-refractivity contribution in [2.75, 3.05) is 11.9 Å². The van der Waals surface area contributed by atoms with Gasteiger partial charge in [0.25, 0.3) is 0 Å². The zero-order chi connectivity index (χ0) is 13.7. The Labute approximate surface area is 117 Å². The minimum Gasteiger partial charge on any atom is -0.494 e. The minimum absolute atomic E-state index is 0.429. The van der Waals surface area contributed by atoms with Crippen molar-refractivity contribution in [2.24, 2.45) is 0 Å². The van der Waals surface area contributed by atoms with Gasteiger partial charge in [0.05, 0.1) is 6.61 Å². The van der Waals surface area contributed by atoms with Crippen LogP contribution in [0.25, 0.3) is 0 Å². The molecule has 0 aliphatic carbocycles. The largest absolute Gasteiger partial charge is 0.494 e. The van der Waals surface area contributed by atoms with E-state index in [4.69, 9.17) is 16.3 Å². The van der Waals surface area contributed by atoms with Crippen LogP contribution in [-0.4, -0.2) is 16.6 Å². The predicted molar refractivity (Wildman–Crippen MR) is 77.3 cm³/mol. The lowest BCUT2D eigenvalue weighted by Crippen LogP contribution is -1.98. The van der Waals surface area contributed by atoms with E-state index in [1.807, 2.05) is 24.3 Å². The summed E-state index contributed by atoms with van der Waals surface area (Å²) in [7, 11) is 0. The predicted octanol–water partition coefficient (Wildman–Crippen LogP) is 3.97. The average Bonchev–Trinajstić information content (AvgIpc) is 2.37. The van der Waals surface area contributed by atoms with Crippen molar-refractivity contribution in [2.45, 2.75) is 20.3 Å². The van der Waals surface area contributed by atoms with Gasteiger partial charge in [-0.3, -0.25) is 0 Å². The summed E-state index contributed by atoms with van der Waals surface area (Å²) in [5.74, 6) is 2.18. The molecule has 4 nitrogen and oxygen atoms in total. The fourth-order valence-electron chi connectivity index (χ4n) is 1.60. The first-order valence-corrected chi connectivity index (χ1v) is 6.56. The Hall–Kier alpha value is -1.81. The van der Waals surface area contributed by atoms with Crippen molar-refractivity contribution in [3.05, 3.63) is 41.3 Å². The van der Waals surface area contributed by atoms with Crippen molar-refractivity contribution < 1.29 is 4.74 Å². The van der Waals surface area contributed by atoms with Crippen LogP contribution >= 0.6 is 11.6 Å². The summed E-state index contributed by atoms with van der Waals surface area (Å²) >= 11 is 5.89. The van der Waals surface area contributed by atoms with Gasteiger partial charge in [0.2, 0.25) is 0 Å². The second-order valence-corrected chi connectivity index (χ2v) is 4.51. The Balaban J connectivity index is 2.06. The first-order chi connectivity index (χ1) is 9.17. The molecule has 0 radical (unpaired) electrons. The third-order valence-corrected chi connectivity index (χ3v) is 2.60. The molecule has 0 spiro atoms. The molecule has 1 N–H and O–H groups in total. The van der Waals surface area contributed by atoms with E-state index in [0.29, 0.717) is 16.8 Å². The zero-order valence-electron chi connectivity index (χ0n) is 11.0. The highest BCUT2D eigenvalue weighted by molar-refractivity contribution is 6.29. The lowest BCUT2D eigenvalue weighted by Gasteiger charge is -2.08. The van der Waals surface area contributed by atoms with Crippen LogP contribution in [0, 0.1) is 6.92 Å². The van der Waals surface area contributed by atoms with Crippen LogP contribution in [0.5, 0.6) is 5.75 Å². The normalized spacial score (nSPS) is 10.3. The fourth-order valence-corrected chi connectivity index (χ4v) is 1.82. The molecule has 0 aliphatic heterocycles. The lowest BCUT2D eigenvalue weighted by molar-refractivity contribution is 0.317. The van der Waals surface area contributed by atoms with E-state index < -0.39 is 0 Å². The fraction of sp³-hybridized carbons (Fsp3) is 0.286. The van der Waals surface area contributed by atoms with Gasteiger partial charge >= 0.3 is 0 Å². The average molecular weight is 278 g/mol. The van der Waals surface area contributed by atoms with E-state index in [2.05, 4.69) is 22.2 Å². The molecule has 5 heteroatoms. The molecule has 0 aliphatic rings. The van der Waals surface area contributed by atoms with Gasteiger partial charge in [0, 0.05) is 11.8 Å². The Kier molecular flexibility index (Phi) is 4.58. The molecule has 0 atom stereocenters. The number of rotatable bonds is 5. The molecule has 1 aromatic heterocycles. The molecule has 2 aromatic rings. The summed E-state index contributed by atoms with van der Waals surface area (Å²) in [6, 6.07) is 9.42. The molecule has 1 heterocycles. The van der Waals surface area contributed by atoms with Crippen molar-refractivity contribution in [1.29, 1.82) is 0 Å². The number of hydrogen-bond donors (Lipinski definition) is 1. The summed E-state index contributed by atoms with van der Waals surface area (Å²) in [5.41, 5.74) is 0.929. The summed E-state index contributed by atoms with van der Waals surface area (Å²) in [6.45, 7) is 4.61. The molecular weight excluding hydrogens is 262 g/mol. The highest BCUT2D eigenvalue weighted by atomic mass is 35.5. The van der Waals surface area contributed by atoms with Crippen molar-refractivity contribution in [3.63, 3.8) is 0 Å². The van der Waals surface area contributed by atoms with Crippen LogP contribution in [0.3, 0.4) is 0 Å². The maximum absolute atomic E-state index is 5.89. The summed E-state index contributed by atoms with van der Waals surface area (Å²) in [5, 5.41) is 3.61. The van der Waals surface area contributed by atoms with E-state index in [1.54, 1.807) is 13.0 Å². The minimum atomic E-state index is 0.429. The number of hydrogen-bond acceptors (Lipinski definition) is 4. The highest BCUT2D eigenvalue weighted by Crippen LogP contribution is 2.20. The number of anilines is 2. The van der Waals surface area contributed by atoms with Crippen LogP contribution < -0.4 is 10.1 Å². The maximum Gasteiger partial charge on any atom is 0.135 e. The number of nitrogens with one attached hydrogen (secondary N) is 1. The third kappa shape index (κ3) is 4.10. The van der Waals surface area contributed by atoms with Crippen LogP contribution in [0.2, 0.25) is 5.15 Å². The van der Waals surface area contributed by atoms with E-state index in [1.165, 1.54) is 0 Å². The second kappa shape index (κ2) is 6.38. The molecule has 0 saturated carbocycles.